The lowest BCUT2D eigenvalue weighted by Gasteiger charge is -2.19. The van der Waals surface area contributed by atoms with Gasteiger partial charge in [-0.3, -0.25) is 4.79 Å². The Labute approximate surface area is 169 Å². The van der Waals surface area contributed by atoms with Gasteiger partial charge in [-0.2, -0.15) is 0 Å². The molecular weight excluding hydrogens is 366 g/mol. The van der Waals surface area contributed by atoms with Crippen molar-refractivity contribution in [1.29, 1.82) is 0 Å². The summed E-state index contributed by atoms with van der Waals surface area (Å²) in [7, 11) is 0. The van der Waals surface area contributed by atoms with Gasteiger partial charge in [-0.25, -0.2) is 4.99 Å². The normalized spacial score (nSPS) is 13.5. The van der Waals surface area contributed by atoms with Crippen LogP contribution in [-0.2, 0) is 11.2 Å². The summed E-state index contributed by atoms with van der Waals surface area (Å²) in [6, 6.07) is 22.8. The maximum Gasteiger partial charge on any atom is 0.230 e. The van der Waals surface area contributed by atoms with Gasteiger partial charge in [0.2, 0.25) is 5.91 Å². The molecule has 142 valence electrons. The number of hydrogen-bond donors (Lipinski definition) is 2. The highest BCUT2D eigenvalue weighted by atomic mass is 32.2. The molecule has 0 aliphatic carbocycles. The first kappa shape index (κ1) is 18.6. The van der Waals surface area contributed by atoms with Crippen molar-refractivity contribution in [2.24, 2.45) is 4.99 Å². The fraction of sp³-hybridized carbons (Fsp3) is 0.217. The summed E-state index contributed by atoms with van der Waals surface area (Å²) in [5, 5.41) is 9.50. The summed E-state index contributed by atoms with van der Waals surface area (Å²) in [5.41, 5.74) is 3.29. The van der Waals surface area contributed by atoms with Crippen LogP contribution < -0.4 is 10.6 Å². The average molecular weight is 390 g/mol. The van der Waals surface area contributed by atoms with Crippen molar-refractivity contribution in [1.82, 2.24) is 5.32 Å². The molecule has 0 bridgehead atoms. The quantitative estimate of drug-likeness (QED) is 0.615. The molecule has 1 aliphatic heterocycles. The Morgan fingerprint density at radius 2 is 1.86 bits per heavy atom. The summed E-state index contributed by atoms with van der Waals surface area (Å²) in [4.78, 5) is 17.0. The molecule has 1 heterocycles. The van der Waals surface area contributed by atoms with Crippen LogP contribution in [0.15, 0.2) is 71.7 Å². The summed E-state index contributed by atoms with van der Waals surface area (Å²) in [6.45, 7) is 2.05. The van der Waals surface area contributed by atoms with Gasteiger partial charge in [-0.05, 0) is 42.8 Å². The number of aryl methyl sites for hydroxylation is 1. The number of benzene rings is 3. The molecule has 2 N–H and O–H groups in total. The first-order chi connectivity index (χ1) is 13.7. The topological polar surface area (TPSA) is 53.5 Å². The number of hydrogen-bond acceptors (Lipinski definition) is 4. The van der Waals surface area contributed by atoms with Gasteiger partial charge >= 0.3 is 0 Å². The minimum atomic E-state index is 0.0344. The van der Waals surface area contributed by atoms with Gasteiger partial charge in [0.15, 0.2) is 5.17 Å². The van der Waals surface area contributed by atoms with E-state index in [0.29, 0.717) is 5.75 Å². The molecule has 5 heteroatoms. The number of rotatable bonds is 6. The van der Waals surface area contributed by atoms with Crippen molar-refractivity contribution in [3.63, 3.8) is 0 Å². The van der Waals surface area contributed by atoms with E-state index in [0.717, 1.165) is 34.8 Å². The largest absolute Gasteiger partial charge is 0.353 e. The predicted octanol–water partition coefficient (Wildman–Crippen LogP) is 5.12. The number of amidine groups is 1. The zero-order valence-corrected chi connectivity index (χ0v) is 16.6. The van der Waals surface area contributed by atoms with Crippen LogP contribution in [0, 0.1) is 0 Å². The highest BCUT2D eigenvalue weighted by Crippen LogP contribution is 2.36. The number of nitrogens with zero attached hydrogens (tertiary/aromatic N) is 1. The number of nitrogens with one attached hydrogen (secondary N) is 2. The fourth-order valence-corrected chi connectivity index (χ4v) is 4.09. The maximum absolute atomic E-state index is 12.3. The van der Waals surface area contributed by atoms with Crippen LogP contribution in [0.4, 0.5) is 11.4 Å². The van der Waals surface area contributed by atoms with Gasteiger partial charge in [-0.15, -0.1) is 0 Å². The standard InChI is InChI=1S/C23H23N3OS/c1-16(13-14-17-7-3-2-4-8-17)24-21(27)15-28-23-25-19-11-5-9-18-10-6-12-20(26-23)22(18)19/h2-12,16H,13-15H2,1H3,(H,24,27)(H,25,26)/t16-/m0/s1. The molecule has 0 saturated carbocycles. The van der Waals surface area contributed by atoms with E-state index in [1.165, 1.54) is 22.7 Å². The zero-order valence-electron chi connectivity index (χ0n) is 15.8. The first-order valence-corrected chi connectivity index (χ1v) is 10.5. The highest BCUT2D eigenvalue weighted by Gasteiger charge is 2.16. The molecule has 0 unspecified atom stereocenters. The molecule has 3 aromatic carbocycles. The van der Waals surface area contributed by atoms with Crippen molar-refractivity contribution in [2.45, 2.75) is 25.8 Å². The number of thioether (sulfide) groups is 1. The lowest BCUT2D eigenvalue weighted by molar-refractivity contribution is -0.119. The van der Waals surface area contributed by atoms with E-state index < -0.39 is 0 Å². The Balaban J connectivity index is 1.30. The Bertz CT molecular complexity index is 1010. The Hall–Kier alpha value is -2.79. The van der Waals surface area contributed by atoms with Crippen LogP contribution in [0.3, 0.4) is 0 Å². The van der Waals surface area contributed by atoms with E-state index >= 15 is 0 Å². The monoisotopic (exact) mass is 389 g/mol. The molecule has 3 aromatic rings. The minimum Gasteiger partial charge on any atom is -0.353 e. The van der Waals surface area contributed by atoms with Crippen molar-refractivity contribution >= 4 is 45.0 Å². The van der Waals surface area contributed by atoms with Crippen LogP contribution in [0.5, 0.6) is 0 Å². The molecule has 1 aliphatic rings. The van der Waals surface area contributed by atoms with Crippen LogP contribution in [0.1, 0.15) is 18.9 Å². The fourth-order valence-electron chi connectivity index (χ4n) is 3.39. The second-order valence-corrected chi connectivity index (χ2v) is 7.97. The van der Waals surface area contributed by atoms with Gasteiger partial charge in [0, 0.05) is 11.4 Å². The third-order valence-corrected chi connectivity index (χ3v) is 5.68. The number of amides is 1. The molecule has 28 heavy (non-hydrogen) atoms. The van der Waals surface area contributed by atoms with Crippen LogP contribution in [0.2, 0.25) is 0 Å². The van der Waals surface area contributed by atoms with Gasteiger partial charge in [-0.1, -0.05) is 66.4 Å². The van der Waals surface area contributed by atoms with Crippen LogP contribution in [-0.4, -0.2) is 22.9 Å². The Morgan fingerprint density at radius 3 is 2.68 bits per heavy atom. The Morgan fingerprint density at radius 1 is 1.07 bits per heavy atom. The van der Waals surface area contributed by atoms with E-state index in [1.807, 2.05) is 42.5 Å². The zero-order chi connectivity index (χ0) is 19.3. The summed E-state index contributed by atoms with van der Waals surface area (Å²) in [5.74, 6) is 0.381. The van der Waals surface area contributed by atoms with E-state index in [-0.39, 0.29) is 11.9 Å². The van der Waals surface area contributed by atoms with Crippen molar-refractivity contribution in [2.75, 3.05) is 11.1 Å². The summed E-state index contributed by atoms with van der Waals surface area (Å²) < 4.78 is 0. The average Bonchev–Trinajstić information content (AvgIpc) is 2.72. The van der Waals surface area contributed by atoms with Gasteiger partial charge in [0.25, 0.3) is 0 Å². The number of aliphatic imine (C=N–C) groups is 1. The highest BCUT2D eigenvalue weighted by molar-refractivity contribution is 8.14. The molecule has 0 aromatic heterocycles. The second kappa shape index (κ2) is 8.48. The van der Waals surface area contributed by atoms with E-state index in [1.54, 1.807) is 0 Å². The van der Waals surface area contributed by atoms with E-state index in [2.05, 4.69) is 46.8 Å². The molecule has 0 spiro atoms. The third-order valence-electron chi connectivity index (χ3n) is 4.80. The minimum absolute atomic E-state index is 0.0344. The molecule has 0 radical (unpaired) electrons. The summed E-state index contributed by atoms with van der Waals surface area (Å²) >= 11 is 1.44. The number of carbonyl (C=O) groups is 1. The smallest absolute Gasteiger partial charge is 0.230 e. The maximum atomic E-state index is 12.3. The number of carbonyl (C=O) groups excluding carboxylic acids is 1. The molecule has 4 rings (SSSR count). The van der Waals surface area contributed by atoms with Crippen molar-refractivity contribution in [3.8, 4) is 0 Å². The molecule has 1 amide bonds. The molecule has 0 saturated heterocycles. The lowest BCUT2D eigenvalue weighted by Crippen LogP contribution is -2.34. The third kappa shape index (κ3) is 4.37. The molecular formula is C23H23N3OS. The molecule has 1 atom stereocenters. The van der Waals surface area contributed by atoms with Crippen molar-refractivity contribution in [3.05, 3.63) is 72.3 Å². The van der Waals surface area contributed by atoms with E-state index in [9.17, 15) is 4.79 Å². The van der Waals surface area contributed by atoms with Gasteiger partial charge in [0.1, 0.15) is 0 Å². The van der Waals surface area contributed by atoms with E-state index in [4.69, 9.17) is 0 Å². The molecule has 0 fully saturated rings. The molecule has 4 nitrogen and oxygen atoms in total. The van der Waals surface area contributed by atoms with Gasteiger partial charge in [0.05, 0.1) is 17.1 Å². The van der Waals surface area contributed by atoms with Crippen molar-refractivity contribution < 1.29 is 4.79 Å². The summed E-state index contributed by atoms with van der Waals surface area (Å²) in [6.07, 6.45) is 1.89. The van der Waals surface area contributed by atoms with Crippen LogP contribution in [0.25, 0.3) is 10.8 Å². The number of anilines is 1. The Kier molecular flexibility index (Phi) is 5.63. The second-order valence-electron chi connectivity index (χ2n) is 7.00. The predicted molar refractivity (Wildman–Crippen MR) is 119 cm³/mol. The first-order valence-electron chi connectivity index (χ1n) is 9.52. The lowest BCUT2D eigenvalue weighted by atomic mass is 10.1. The van der Waals surface area contributed by atoms with Crippen LogP contribution >= 0.6 is 11.8 Å². The van der Waals surface area contributed by atoms with Gasteiger partial charge < -0.3 is 10.6 Å². The SMILES string of the molecule is C[C@@H](CCc1ccccc1)NC(=O)CSC1=Nc2cccc3cccc(c23)N1.